The van der Waals surface area contributed by atoms with Crippen LogP contribution >= 0.6 is 0 Å². The second kappa shape index (κ2) is 8.91. The molecule has 0 bridgehead atoms. The van der Waals surface area contributed by atoms with Crippen molar-refractivity contribution in [3.63, 3.8) is 0 Å². The molecule has 3 aromatic rings. The zero-order valence-corrected chi connectivity index (χ0v) is 16.6. The van der Waals surface area contributed by atoms with Gasteiger partial charge in [0.05, 0.1) is 24.5 Å². The monoisotopic (exact) mass is 387 g/mol. The maximum absolute atomic E-state index is 9.59. The van der Waals surface area contributed by atoms with Crippen LogP contribution in [-0.4, -0.2) is 47.7 Å². The van der Waals surface area contributed by atoms with Crippen LogP contribution in [0.1, 0.15) is 23.1 Å². The molecule has 29 heavy (non-hydrogen) atoms. The maximum Gasteiger partial charge on any atom is 0.103 e. The molecule has 0 atom stereocenters. The van der Waals surface area contributed by atoms with E-state index in [4.69, 9.17) is 4.74 Å². The first-order valence-corrected chi connectivity index (χ1v) is 9.95. The van der Waals surface area contributed by atoms with E-state index in [1.54, 1.807) is 12.4 Å². The van der Waals surface area contributed by atoms with Gasteiger partial charge in [0.1, 0.15) is 6.07 Å². The van der Waals surface area contributed by atoms with Crippen LogP contribution in [0, 0.1) is 18.3 Å². The molecule has 1 aliphatic heterocycles. The number of nitriles is 1. The molecule has 1 aromatic carbocycles. The minimum absolute atomic E-state index is 0.536. The number of fused-ring (bicyclic) bond motifs is 1. The van der Waals surface area contributed by atoms with Crippen molar-refractivity contribution in [3.05, 3.63) is 59.6 Å². The Morgan fingerprint density at radius 2 is 2.14 bits per heavy atom. The molecule has 6 nitrogen and oxygen atoms in total. The van der Waals surface area contributed by atoms with Crippen LogP contribution in [0.2, 0.25) is 0 Å². The lowest BCUT2D eigenvalue weighted by atomic mass is 10.1. The summed E-state index contributed by atoms with van der Waals surface area (Å²) in [5, 5.41) is 14.2. The Hall–Kier alpha value is -3.14. The summed E-state index contributed by atoms with van der Waals surface area (Å²) in [6, 6.07) is 8.43. The fraction of sp³-hybridized carbons (Fsp3) is 0.304. The third-order valence-corrected chi connectivity index (χ3v) is 5.37. The molecule has 0 unspecified atom stereocenters. The highest BCUT2D eigenvalue weighted by molar-refractivity contribution is 5.89. The molecule has 1 aliphatic rings. The van der Waals surface area contributed by atoms with E-state index >= 15 is 0 Å². The van der Waals surface area contributed by atoms with Gasteiger partial charge in [0, 0.05) is 60.4 Å². The molecule has 2 aromatic heterocycles. The molecular formula is C23H25N5O. The summed E-state index contributed by atoms with van der Waals surface area (Å²) < 4.78 is 5.40. The number of ether oxygens (including phenoxy) is 1. The largest absolute Gasteiger partial charge is 0.379 e. The minimum atomic E-state index is 0.536. The van der Waals surface area contributed by atoms with Crippen molar-refractivity contribution >= 4 is 28.4 Å². The van der Waals surface area contributed by atoms with Gasteiger partial charge < -0.3 is 15.0 Å². The Bertz CT molecular complexity index is 1060. The molecule has 1 saturated heterocycles. The van der Waals surface area contributed by atoms with Gasteiger partial charge in [-0.1, -0.05) is 12.2 Å². The van der Waals surface area contributed by atoms with Gasteiger partial charge >= 0.3 is 0 Å². The van der Waals surface area contributed by atoms with Gasteiger partial charge in [-0.15, -0.1) is 0 Å². The molecule has 6 heteroatoms. The van der Waals surface area contributed by atoms with E-state index in [0.717, 1.165) is 67.3 Å². The van der Waals surface area contributed by atoms with Gasteiger partial charge in [-0.05, 0) is 37.1 Å². The molecular weight excluding hydrogens is 362 g/mol. The van der Waals surface area contributed by atoms with Crippen molar-refractivity contribution in [1.29, 1.82) is 5.26 Å². The van der Waals surface area contributed by atoms with E-state index in [2.05, 4.69) is 57.5 Å². The zero-order chi connectivity index (χ0) is 20.1. The van der Waals surface area contributed by atoms with Gasteiger partial charge in [-0.25, -0.2) is 0 Å². The van der Waals surface area contributed by atoms with Gasteiger partial charge in [-0.2, -0.15) is 5.26 Å². The zero-order valence-electron chi connectivity index (χ0n) is 16.6. The van der Waals surface area contributed by atoms with E-state index in [1.807, 2.05) is 12.3 Å². The third kappa shape index (κ3) is 4.32. The van der Waals surface area contributed by atoms with Gasteiger partial charge in [0.15, 0.2) is 0 Å². The molecule has 0 spiro atoms. The fourth-order valence-corrected chi connectivity index (χ4v) is 3.67. The number of rotatable bonds is 6. The van der Waals surface area contributed by atoms with Crippen molar-refractivity contribution in [3.8, 4) is 6.07 Å². The highest BCUT2D eigenvalue weighted by atomic mass is 16.5. The highest BCUT2D eigenvalue weighted by Gasteiger charge is 2.12. The normalized spacial score (nSPS) is 15.0. The number of morpholine rings is 1. The van der Waals surface area contributed by atoms with E-state index in [1.165, 1.54) is 5.39 Å². The summed E-state index contributed by atoms with van der Waals surface area (Å²) in [6.45, 7) is 6.72. The Balaban J connectivity index is 1.54. The van der Waals surface area contributed by atoms with Crippen molar-refractivity contribution in [1.82, 2.24) is 14.9 Å². The molecule has 0 radical (unpaired) electrons. The van der Waals surface area contributed by atoms with Crippen LogP contribution in [0.25, 0.3) is 17.0 Å². The fourth-order valence-electron chi connectivity index (χ4n) is 3.67. The first-order valence-electron chi connectivity index (χ1n) is 9.95. The molecule has 3 heterocycles. The number of aryl methyl sites for hydroxylation is 1. The lowest BCUT2D eigenvalue weighted by Crippen LogP contribution is -2.36. The second-order valence-corrected chi connectivity index (χ2v) is 7.21. The van der Waals surface area contributed by atoms with Gasteiger partial charge in [0.2, 0.25) is 0 Å². The van der Waals surface area contributed by atoms with Crippen molar-refractivity contribution < 1.29 is 4.74 Å². The highest BCUT2D eigenvalue weighted by Crippen LogP contribution is 2.30. The Kier molecular flexibility index (Phi) is 5.89. The number of nitrogens with one attached hydrogen (secondary N) is 2. The van der Waals surface area contributed by atoms with Crippen LogP contribution in [0.5, 0.6) is 0 Å². The van der Waals surface area contributed by atoms with E-state index in [-0.39, 0.29) is 0 Å². The Morgan fingerprint density at radius 1 is 1.28 bits per heavy atom. The summed E-state index contributed by atoms with van der Waals surface area (Å²) in [4.78, 5) is 9.89. The van der Waals surface area contributed by atoms with Gasteiger partial charge in [-0.3, -0.25) is 9.88 Å². The quantitative estimate of drug-likeness (QED) is 0.662. The molecule has 2 N–H and O–H groups in total. The molecule has 4 rings (SSSR count). The number of nitrogens with zero attached hydrogens (tertiary/aromatic N) is 3. The van der Waals surface area contributed by atoms with Gasteiger partial charge in [0.25, 0.3) is 0 Å². The number of hydrogen-bond donors (Lipinski definition) is 2. The summed E-state index contributed by atoms with van der Waals surface area (Å²) in [6.07, 6.45) is 10.5. The SMILES string of the molecule is Cc1c(Nc2c(C#N)cncc2/C=C/CCN2CCOCC2)ccc2[nH]ccc12. The predicted octanol–water partition coefficient (Wildman–Crippen LogP) is 4.22. The van der Waals surface area contributed by atoms with Crippen molar-refractivity contribution in [2.75, 3.05) is 38.2 Å². The molecule has 1 fully saturated rings. The number of benzene rings is 1. The first-order chi connectivity index (χ1) is 14.3. The van der Waals surface area contributed by atoms with Crippen molar-refractivity contribution in [2.24, 2.45) is 0 Å². The number of pyridine rings is 1. The van der Waals surface area contributed by atoms with E-state index < -0.39 is 0 Å². The number of aromatic nitrogens is 2. The average Bonchev–Trinajstić information content (AvgIpc) is 3.24. The number of anilines is 2. The van der Waals surface area contributed by atoms with Crippen LogP contribution < -0.4 is 5.32 Å². The Labute approximate surface area is 170 Å². The number of H-pyrrole nitrogens is 1. The number of hydrogen-bond acceptors (Lipinski definition) is 5. The van der Waals surface area contributed by atoms with Crippen molar-refractivity contribution in [2.45, 2.75) is 13.3 Å². The summed E-state index contributed by atoms with van der Waals surface area (Å²) >= 11 is 0. The third-order valence-electron chi connectivity index (χ3n) is 5.37. The van der Waals surface area contributed by atoms with E-state index in [0.29, 0.717) is 5.56 Å². The smallest absolute Gasteiger partial charge is 0.103 e. The van der Waals surface area contributed by atoms with Crippen LogP contribution in [0.3, 0.4) is 0 Å². The lowest BCUT2D eigenvalue weighted by molar-refractivity contribution is 0.0387. The van der Waals surface area contributed by atoms with Crippen LogP contribution in [0.15, 0.2) is 42.9 Å². The predicted molar refractivity (Wildman–Crippen MR) is 116 cm³/mol. The van der Waals surface area contributed by atoms with Crippen LogP contribution in [-0.2, 0) is 4.74 Å². The molecule has 148 valence electrons. The maximum atomic E-state index is 9.59. The topological polar surface area (TPSA) is 77.0 Å². The summed E-state index contributed by atoms with van der Waals surface area (Å²) in [5.74, 6) is 0. The lowest BCUT2D eigenvalue weighted by Gasteiger charge is -2.25. The minimum Gasteiger partial charge on any atom is -0.379 e. The summed E-state index contributed by atoms with van der Waals surface area (Å²) in [7, 11) is 0. The average molecular weight is 387 g/mol. The second-order valence-electron chi connectivity index (χ2n) is 7.21. The van der Waals surface area contributed by atoms with Crippen LogP contribution in [0.4, 0.5) is 11.4 Å². The number of aromatic amines is 1. The van der Waals surface area contributed by atoms with E-state index in [9.17, 15) is 5.26 Å². The molecule has 0 amide bonds. The molecule has 0 aliphatic carbocycles. The standard InChI is InChI=1S/C23H25N5O/c1-17-20-7-8-26-22(20)6-5-21(17)27-23-18(15-25-16-19(23)14-24)4-2-3-9-28-10-12-29-13-11-28/h2,4-8,15-16,26H,3,9-13H2,1H3,(H,25,27)/b4-2+. The summed E-state index contributed by atoms with van der Waals surface area (Å²) in [5.41, 5.74) is 5.48. The molecule has 0 saturated carbocycles. The first kappa shape index (κ1) is 19.2. The Morgan fingerprint density at radius 3 is 2.97 bits per heavy atom.